The fraction of sp³-hybridized carbons (Fsp3) is 0.500. The Hall–Kier alpha value is -1.91. The van der Waals surface area contributed by atoms with Crippen molar-refractivity contribution in [3.05, 3.63) is 40.9 Å². The lowest BCUT2D eigenvalue weighted by Crippen LogP contribution is -2.33. The molecule has 2 rings (SSSR count). The molecule has 0 radical (unpaired) electrons. The molecule has 0 spiro atoms. The highest BCUT2D eigenvalue weighted by Gasteiger charge is 2.16. The van der Waals surface area contributed by atoms with Crippen molar-refractivity contribution < 1.29 is 17.7 Å². The molecule has 0 aliphatic rings. The number of amides is 1. The number of hydrogen-bond acceptors (Lipinski definition) is 7. The molecule has 0 saturated carbocycles. The number of aryl methyl sites for hydroxylation is 2. The van der Waals surface area contributed by atoms with Gasteiger partial charge in [0.1, 0.15) is 10.8 Å². The van der Waals surface area contributed by atoms with E-state index in [1.165, 1.54) is 22.3 Å². The lowest BCUT2D eigenvalue weighted by Gasteiger charge is -2.17. The van der Waals surface area contributed by atoms with Crippen molar-refractivity contribution in [2.75, 3.05) is 25.9 Å². The topological polar surface area (TPSA) is 105 Å². The number of sulfonamides is 1. The van der Waals surface area contributed by atoms with Gasteiger partial charge in [-0.05, 0) is 32.4 Å². The van der Waals surface area contributed by atoms with Crippen LogP contribution in [0.15, 0.2) is 27.9 Å². The standard InChI is InChI=1S/C18H26N4O4S2/c1-5-22(28(4,24)25)11-7-10-19-17(23)15-8-6-9-20-18(15)27-12-16-13(2)21-26-14(16)3/h6,8-9H,5,7,10-12H2,1-4H3,(H,19,23). The molecule has 2 aromatic rings. The van der Waals surface area contributed by atoms with Gasteiger partial charge in [-0.2, -0.15) is 0 Å². The van der Waals surface area contributed by atoms with Crippen LogP contribution in [0.3, 0.4) is 0 Å². The largest absolute Gasteiger partial charge is 0.361 e. The predicted molar refractivity (Wildman–Crippen MR) is 109 cm³/mol. The maximum absolute atomic E-state index is 12.5. The van der Waals surface area contributed by atoms with Gasteiger partial charge in [0.05, 0.1) is 17.5 Å². The van der Waals surface area contributed by atoms with Crippen molar-refractivity contribution in [1.82, 2.24) is 19.8 Å². The minimum Gasteiger partial charge on any atom is -0.361 e. The number of nitrogens with one attached hydrogen (secondary N) is 1. The van der Waals surface area contributed by atoms with E-state index in [-0.39, 0.29) is 5.91 Å². The van der Waals surface area contributed by atoms with Gasteiger partial charge in [0.25, 0.3) is 5.91 Å². The fourth-order valence-corrected chi connectivity index (χ4v) is 4.71. The number of carbonyl (C=O) groups excluding carboxylic acids is 1. The van der Waals surface area contributed by atoms with E-state index in [1.54, 1.807) is 25.3 Å². The smallest absolute Gasteiger partial charge is 0.254 e. The fourth-order valence-electron chi connectivity index (χ4n) is 2.64. The van der Waals surface area contributed by atoms with Crippen molar-refractivity contribution in [2.45, 2.75) is 38.0 Å². The summed E-state index contributed by atoms with van der Waals surface area (Å²) in [7, 11) is -3.22. The number of thioether (sulfide) groups is 1. The van der Waals surface area contributed by atoms with Gasteiger partial charge in [-0.15, -0.1) is 11.8 Å². The Kier molecular flexibility index (Phi) is 8.02. The van der Waals surface area contributed by atoms with Crippen molar-refractivity contribution in [3.8, 4) is 0 Å². The highest BCUT2D eigenvalue weighted by molar-refractivity contribution is 7.98. The zero-order chi connectivity index (χ0) is 20.7. The van der Waals surface area contributed by atoms with Gasteiger partial charge < -0.3 is 9.84 Å². The average Bonchev–Trinajstić information content (AvgIpc) is 2.96. The molecule has 1 amide bonds. The van der Waals surface area contributed by atoms with Crippen molar-refractivity contribution in [1.29, 1.82) is 0 Å². The highest BCUT2D eigenvalue weighted by atomic mass is 32.2. The minimum atomic E-state index is -3.22. The molecule has 0 aromatic carbocycles. The van der Waals surface area contributed by atoms with Crippen molar-refractivity contribution >= 4 is 27.7 Å². The van der Waals surface area contributed by atoms with Gasteiger partial charge in [0.15, 0.2) is 0 Å². The third-order valence-corrected chi connectivity index (χ3v) is 6.65. The molecule has 2 aromatic heterocycles. The summed E-state index contributed by atoms with van der Waals surface area (Å²) in [6.45, 7) is 6.70. The number of hydrogen-bond donors (Lipinski definition) is 1. The summed E-state index contributed by atoms with van der Waals surface area (Å²) in [6, 6.07) is 3.45. The van der Waals surface area contributed by atoms with Gasteiger partial charge in [-0.1, -0.05) is 12.1 Å². The first kappa shape index (κ1) is 22.4. The van der Waals surface area contributed by atoms with E-state index in [9.17, 15) is 13.2 Å². The van der Waals surface area contributed by atoms with E-state index in [4.69, 9.17) is 4.52 Å². The number of nitrogens with zero attached hydrogens (tertiary/aromatic N) is 3. The van der Waals surface area contributed by atoms with E-state index in [2.05, 4.69) is 15.5 Å². The summed E-state index contributed by atoms with van der Waals surface area (Å²) < 4.78 is 29.7. The summed E-state index contributed by atoms with van der Waals surface area (Å²) in [5.41, 5.74) is 2.33. The molecule has 0 saturated heterocycles. The molecule has 0 bridgehead atoms. The zero-order valence-electron chi connectivity index (χ0n) is 16.6. The summed E-state index contributed by atoms with van der Waals surface area (Å²) in [5.74, 6) is 1.15. The van der Waals surface area contributed by atoms with Gasteiger partial charge in [0.2, 0.25) is 10.0 Å². The number of aromatic nitrogens is 2. The lowest BCUT2D eigenvalue weighted by molar-refractivity contribution is 0.0949. The predicted octanol–water partition coefficient (Wildman–Crippen LogP) is 2.38. The number of pyridine rings is 1. The lowest BCUT2D eigenvalue weighted by atomic mass is 10.2. The second-order valence-corrected chi connectivity index (χ2v) is 9.26. The molecule has 0 fully saturated rings. The zero-order valence-corrected chi connectivity index (χ0v) is 18.2. The second-order valence-electron chi connectivity index (χ2n) is 6.31. The third kappa shape index (κ3) is 6.05. The minimum absolute atomic E-state index is 0.225. The van der Waals surface area contributed by atoms with Crippen LogP contribution >= 0.6 is 11.8 Å². The summed E-state index contributed by atoms with van der Waals surface area (Å²) >= 11 is 1.45. The molecule has 10 heteroatoms. The Morgan fingerprint density at radius 1 is 1.36 bits per heavy atom. The first-order valence-corrected chi connectivity index (χ1v) is 11.8. The maximum Gasteiger partial charge on any atom is 0.254 e. The second kappa shape index (κ2) is 10.0. The van der Waals surface area contributed by atoms with Crippen LogP contribution in [0.2, 0.25) is 0 Å². The molecule has 0 aliphatic carbocycles. The monoisotopic (exact) mass is 426 g/mol. The maximum atomic E-state index is 12.5. The molecule has 2 heterocycles. The number of carbonyl (C=O) groups is 1. The molecule has 154 valence electrons. The molecule has 8 nitrogen and oxygen atoms in total. The van der Waals surface area contributed by atoms with Crippen LogP contribution in [-0.4, -0.2) is 54.7 Å². The van der Waals surface area contributed by atoms with Crippen molar-refractivity contribution in [3.63, 3.8) is 0 Å². The Labute approximate surface area is 170 Å². The van der Waals surface area contributed by atoms with Crippen LogP contribution in [0, 0.1) is 13.8 Å². The van der Waals surface area contributed by atoms with Crippen LogP contribution < -0.4 is 5.32 Å². The van der Waals surface area contributed by atoms with Crippen LogP contribution in [-0.2, 0) is 15.8 Å². The first-order chi connectivity index (χ1) is 13.2. The highest BCUT2D eigenvalue weighted by Crippen LogP contribution is 2.27. The molecule has 0 atom stereocenters. The normalized spacial score (nSPS) is 11.8. The van der Waals surface area contributed by atoms with Gasteiger partial charge in [0, 0.05) is 37.1 Å². The molecular weight excluding hydrogens is 400 g/mol. The van der Waals surface area contributed by atoms with Crippen LogP contribution in [0.25, 0.3) is 0 Å². The molecule has 28 heavy (non-hydrogen) atoms. The van der Waals surface area contributed by atoms with E-state index in [0.717, 1.165) is 17.0 Å². The number of rotatable bonds is 10. The molecular formula is C18H26N4O4S2. The van der Waals surface area contributed by atoms with Gasteiger partial charge in [-0.3, -0.25) is 4.79 Å². The quantitative estimate of drug-likeness (QED) is 0.459. The van der Waals surface area contributed by atoms with Crippen LogP contribution in [0.5, 0.6) is 0 Å². The summed E-state index contributed by atoms with van der Waals surface area (Å²) in [4.78, 5) is 16.9. The average molecular weight is 427 g/mol. The molecule has 1 N–H and O–H groups in total. The van der Waals surface area contributed by atoms with Crippen molar-refractivity contribution in [2.24, 2.45) is 0 Å². The molecule has 0 unspecified atom stereocenters. The third-order valence-electron chi connectivity index (χ3n) is 4.24. The Morgan fingerprint density at radius 2 is 2.11 bits per heavy atom. The van der Waals surface area contributed by atoms with E-state index in [0.29, 0.717) is 42.4 Å². The Balaban J connectivity index is 1.93. The van der Waals surface area contributed by atoms with Gasteiger partial charge in [-0.25, -0.2) is 17.7 Å². The van der Waals surface area contributed by atoms with Crippen LogP contribution in [0.4, 0.5) is 0 Å². The Morgan fingerprint density at radius 3 is 2.71 bits per heavy atom. The van der Waals surface area contributed by atoms with Crippen LogP contribution in [0.1, 0.15) is 40.7 Å². The Bertz CT molecular complexity index is 893. The summed E-state index contributed by atoms with van der Waals surface area (Å²) in [6.07, 6.45) is 3.37. The first-order valence-electron chi connectivity index (χ1n) is 8.97. The van der Waals surface area contributed by atoms with E-state index in [1.807, 2.05) is 13.8 Å². The van der Waals surface area contributed by atoms with Gasteiger partial charge >= 0.3 is 0 Å². The molecule has 0 aliphatic heterocycles. The summed E-state index contributed by atoms with van der Waals surface area (Å²) in [5, 5.41) is 7.41. The SMILES string of the molecule is CCN(CCCNC(=O)c1cccnc1SCc1c(C)noc1C)S(C)(=O)=O. The van der Waals surface area contributed by atoms with E-state index < -0.39 is 10.0 Å². The van der Waals surface area contributed by atoms with E-state index >= 15 is 0 Å².